The maximum atomic E-state index is 12.1. The van der Waals surface area contributed by atoms with Crippen molar-refractivity contribution in [2.75, 3.05) is 29.9 Å². The summed E-state index contributed by atoms with van der Waals surface area (Å²) in [6, 6.07) is 18.5. The molecule has 1 aliphatic rings. The van der Waals surface area contributed by atoms with Crippen molar-refractivity contribution in [3.05, 3.63) is 65.7 Å². The van der Waals surface area contributed by atoms with E-state index in [0.717, 1.165) is 30.2 Å². The number of carbonyl (C=O) groups excluding carboxylic acids is 1. The van der Waals surface area contributed by atoms with Crippen LogP contribution in [0.15, 0.2) is 60.7 Å². The summed E-state index contributed by atoms with van der Waals surface area (Å²) < 4.78 is 5.46. The molecule has 0 saturated carbocycles. The van der Waals surface area contributed by atoms with Crippen molar-refractivity contribution >= 4 is 29.0 Å². The van der Waals surface area contributed by atoms with Gasteiger partial charge in [0.2, 0.25) is 0 Å². The number of amides is 1. The molecule has 0 atom stereocenters. The van der Waals surface area contributed by atoms with E-state index in [2.05, 4.69) is 20.4 Å². The molecule has 3 aromatic rings. The highest BCUT2D eigenvalue weighted by molar-refractivity contribution is 6.30. The molecule has 0 bridgehead atoms. The topological polar surface area (TPSA) is 67.3 Å². The highest BCUT2D eigenvalue weighted by Crippen LogP contribution is 2.22. The lowest BCUT2D eigenvalue weighted by Gasteiger charge is -2.20. The average Bonchev–Trinajstić information content (AvgIpc) is 3.09. The van der Waals surface area contributed by atoms with Crippen LogP contribution in [-0.4, -0.2) is 35.8 Å². The van der Waals surface area contributed by atoms with Gasteiger partial charge in [-0.25, -0.2) is 0 Å². The Morgan fingerprint density at radius 3 is 2.26 bits per heavy atom. The monoisotopic (exact) mass is 436 g/mol. The minimum atomic E-state index is -0.232. The number of benzene rings is 2. The SMILES string of the molecule is O=C(COc1ccc(Cl)cc1)Nc1ccc(-c2ccc(N3CCCCCC3)nn2)cc1. The van der Waals surface area contributed by atoms with E-state index in [-0.39, 0.29) is 12.5 Å². The van der Waals surface area contributed by atoms with Gasteiger partial charge in [0.25, 0.3) is 5.91 Å². The maximum Gasteiger partial charge on any atom is 0.262 e. The van der Waals surface area contributed by atoms with Crippen LogP contribution in [0.25, 0.3) is 11.3 Å². The van der Waals surface area contributed by atoms with Gasteiger partial charge in [-0.05, 0) is 61.4 Å². The zero-order valence-electron chi connectivity index (χ0n) is 17.3. The van der Waals surface area contributed by atoms with Crippen LogP contribution in [0.2, 0.25) is 5.02 Å². The van der Waals surface area contributed by atoms with E-state index in [9.17, 15) is 4.79 Å². The summed E-state index contributed by atoms with van der Waals surface area (Å²) in [6.07, 6.45) is 5.00. The first-order valence-electron chi connectivity index (χ1n) is 10.5. The second-order valence-electron chi connectivity index (χ2n) is 7.55. The molecule has 1 amide bonds. The van der Waals surface area contributed by atoms with Crippen LogP contribution in [0.1, 0.15) is 25.7 Å². The summed E-state index contributed by atoms with van der Waals surface area (Å²) in [6.45, 7) is 2.02. The third-order valence-electron chi connectivity index (χ3n) is 5.23. The fraction of sp³-hybridized carbons (Fsp3) is 0.292. The van der Waals surface area contributed by atoms with Gasteiger partial charge in [-0.15, -0.1) is 10.2 Å². The molecule has 4 rings (SSSR count). The molecule has 1 aliphatic heterocycles. The van der Waals surface area contributed by atoms with Gasteiger partial charge in [0.05, 0.1) is 5.69 Å². The van der Waals surface area contributed by atoms with Crippen molar-refractivity contribution in [3.8, 4) is 17.0 Å². The molecule has 0 spiro atoms. The highest BCUT2D eigenvalue weighted by atomic mass is 35.5. The van der Waals surface area contributed by atoms with E-state index in [1.807, 2.05) is 36.4 Å². The van der Waals surface area contributed by atoms with Crippen LogP contribution in [0.4, 0.5) is 11.5 Å². The molecule has 0 aliphatic carbocycles. The van der Waals surface area contributed by atoms with Crippen molar-refractivity contribution in [3.63, 3.8) is 0 Å². The number of ether oxygens (including phenoxy) is 1. The first-order valence-corrected chi connectivity index (χ1v) is 10.9. The molecule has 1 fully saturated rings. The van der Waals surface area contributed by atoms with Crippen LogP contribution < -0.4 is 15.0 Å². The Hall–Kier alpha value is -3.12. The van der Waals surface area contributed by atoms with E-state index in [0.29, 0.717) is 16.5 Å². The van der Waals surface area contributed by atoms with Crippen molar-refractivity contribution in [2.45, 2.75) is 25.7 Å². The van der Waals surface area contributed by atoms with E-state index in [4.69, 9.17) is 16.3 Å². The standard InChI is InChI=1S/C24H25ClN4O2/c25-19-7-11-21(12-8-19)31-17-24(30)26-20-9-5-18(6-10-20)22-13-14-23(28-27-22)29-15-3-1-2-4-16-29/h5-14H,1-4,15-17H2,(H,26,30). The van der Waals surface area contributed by atoms with Gasteiger partial charge >= 0.3 is 0 Å². The molecule has 160 valence electrons. The van der Waals surface area contributed by atoms with Crippen LogP contribution in [-0.2, 0) is 4.79 Å². The second-order valence-corrected chi connectivity index (χ2v) is 7.98. The van der Waals surface area contributed by atoms with Gasteiger partial charge in [0.1, 0.15) is 5.75 Å². The predicted octanol–water partition coefficient (Wildman–Crippen LogP) is 5.19. The molecular formula is C24H25ClN4O2. The van der Waals surface area contributed by atoms with Crippen molar-refractivity contribution in [1.29, 1.82) is 0 Å². The Morgan fingerprint density at radius 1 is 0.903 bits per heavy atom. The van der Waals surface area contributed by atoms with Gasteiger partial charge in [-0.1, -0.05) is 36.6 Å². The Bertz CT molecular complexity index is 984. The number of halogens is 1. The van der Waals surface area contributed by atoms with Crippen LogP contribution >= 0.6 is 11.6 Å². The molecule has 1 aromatic heterocycles. The lowest BCUT2D eigenvalue weighted by Crippen LogP contribution is -2.25. The number of aromatic nitrogens is 2. The number of rotatable bonds is 6. The summed E-state index contributed by atoms with van der Waals surface area (Å²) in [5, 5.41) is 12.3. The van der Waals surface area contributed by atoms with E-state index in [1.165, 1.54) is 25.7 Å². The molecule has 0 radical (unpaired) electrons. The molecule has 1 saturated heterocycles. The van der Waals surface area contributed by atoms with Crippen LogP contribution in [0.3, 0.4) is 0 Å². The van der Waals surface area contributed by atoms with Crippen molar-refractivity contribution in [1.82, 2.24) is 10.2 Å². The minimum absolute atomic E-state index is 0.0766. The lowest BCUT2D eigenvalue weighted by atomic mass is 10.1. The van der Waals surface area contributed by atoms with Gasteiger partial charge in [0.15, 0.2) is 12.4 Å². The van der Waals surface area contributed by atoms with Crippen molar-refractivity contribution in [2.24, 2.45) is 0 Å². The Balaban J connectivity index is 1.32. The van der Waals surface area contributed by atoms with E-state index >= 15 is 0 Å². The smallest absolute Gasteiger partial charge is 0.262 e. The first kappa shape index (κ1) is 21.1. The highest BCUT2D eigenvalue weighted by Gasteiger charge is 2.12. The number of carbonyl (C=O) groups is 1. The summed E-state index contributed by atoms with van der Waals surface area (Å²) in [5.41, 5.74) is 2.45. The zero-order chi connectivity index (χ0) is 21.5. The molecule has 6 nitrogen and oxygen atoms in total. The number of nitrogens with one attached hydrogen (secondary N) is 1. The van der Waals surface area contributed by atoms with Gasteiger partial charge in [-0.3, -0.25) is 4.79 Å². The van der Waals surface area contributed by atoms with Crippen molar-refractivity contribution < 1.29 is 9.53 Å². The fourth-order valence-corrected chi connectivity index (χ4v) is 3.67. The Kier molecular flexibility index (Phi) is 6.99. The van der Waals surface area contributed by atoms with E-state index < -0.39 is 0 Å². The minimum Gasteiger partial charge on any atom is -0.484 e. The fourth-order valence-electron chi connectivity index (χ4n) is 3.55. The third kappa shape index (κ3) is 5.95. The average molecular weight is 437 g/mol. The number of nitrogens with zero attached hydrogens (tertiary/aromatic N) is 3. The summed E-state index contributed by atoms with van der Waals surface area (Å²) in [7, 11) is 0. The molecule has 31 heavy (non-hydrogen) atoms. The predicted molar refractivity (Wildman–Crippen MR) is 124 cm³/mol. The molecule has 0 unspecified atom stereocenters. The lowest BCUT2D eigenvalue weighted by molar-refractivity contribution is -0.118. The summed E-state index contributed by atoms with van der Waals surface area (Å²) in [5.74, 6) is 1.30. The molecule has 2 aromatic carbocycles. The number of hydrogen-bond donors (Lipinski definition) is 1. The summed E-state index contributed by atoms with van der Waals surface area (Å²) in [4.78, 5) is 14.4. The normalized spacial score (nSPS) is 14.0. The zero-order valence-corrected chi connectivity index (χ0v) is 18.0. The van der Waals surface area contributed by atoms with Gasteiger partial charge in [-0.2, -0.15) is 0 Å². The second kappa shape index (κ2) is 10.3. The third-order valence-corrected chi connectivity index (χ3v) is 5.48. The summed E-state index contributed by atoms with van der Waals surface area (Å²) >= 11 is 5.84. The Morgan fingerprint density at radius 2 is 1.61 bits per heavy atom. The van der Waals surface area contributed by atoms with Gasteiger partial charge < -0.3 is 15.0 Å². The molecular weight excluding hydrogens is 412 g/mol. The quantitative estimate of drug-likeness (QED) is 0.575. The molecule has 1 N–H and O–H groups in total. The largest absolute Gasteiger partial charge is 0.484 e. The van der Waals surface area contributed by atoms with Gasteiger partial charge in [0, 0.05) is 29.4 Å². The first-order chi connectivity index (χ1) is 15.2. The molecule has 2 heterocycles. The van der Waals surface area contributed by atoms with E-state index in [1.54, 1.807) is 24.3 Å². The van der Waals surface area contributed by atoms with Crippen LogP contribution in [0.5, 0.6) is 5.75 Å². The number of anilines is 2. The van der Waals surface area contributed by atoms with Crippen LogP contribution in [0, 0.1) is 0 Å². The Labute approximate surface area is 187 Å². The number of hydrogen-bond acceptors (Lipinski definition) is 5. The molecule has 7 heteroatoms. The maximum absolute atomic E-state index is 12.1.